The van der Waals surface area contributed by atoms with Gasteiger partial charge in [0.25, 0.3) is 5.69 Å². The molecule has 0 aliphatic heterocycles. The molecule has 0 aliphatic carbocycles. The fraction of sp³-hybridized carbons (Fsp3) is 0.143. The van der Waals surface area contributed by atoms with Gasteiger partial charge in [0.2, 0.25) is 0 Å². The van der Waals surface area contributed by atoms with Crippen molar-refractivity contribution in [3.05, 3.63) is 67.9 Å². The van der Waals surface area contributed by atoms with Crippen LogP contribution in [0.25, 0.3) is 0 Å². The van der Waals surface area contributed by atoms with Gasteiger partial charge >= 0.3 is 0 Å². The summed E-state index contributed by atoms with van der Waals surface area (Å²) >= 11 is 11.9. The van der Waals surface area contributed by atoms with E-state index in [0.717, 1.165) is 5.56 Å². The molecule has 21 heavy (non-hydrogen) atoms. The maximum atomic E-state index is 13.0. The molecule has 2 aromatic rings. The maximum absolute atomic E-state index is 13.0. The molecule has 0 spiro atoms. The molecule has 0 saturated heterocycles. The lowest BCUT2D eigenvalue weighted by Crippen LogP contribution is -2.06. The molecule has 110 valence electrons. The maximum Gasteiger partial charge on any atom is 0.272 e. The number of nitrogens with one attached hydrogen (secondary N) is 1. The number of nitrogens with zero attached hydrogens (tertiary/aromatic N) is 1. The van der Waals surface area contributed by atoms with Gasteiger partial charge in [-0.15, -0.1) is 0 Å². The number of hydrogen-bond acceptors (Lipinski definition) is 3. The van der Waals surface area contributed by atoms with E-state index in [1.807, 2.05) is 6.07 Å². The summed E-state index contributed by atoms with van der Waals surface area (Å²) < 4.78 is 13.0. The summed E-state index contributed by atoms with van der Waals surface area (Å²) in [5, 5.41) is 14.0. The highest BCUT2D eigenvalue weighted by molar-refractivity contribution is 6.39. The van der Waals surface area contributed by atoms with Crippen LogP contribution in [0, 0.1) is 15.9 Å². The number of anilines is 1. The summed E-state index contributed by atoms with van der Waals surface area (Å²) in [5.41, 5.74) is 1.10. The zero-order chi connectivity index (χ0) is 15.4. The Balaban J connectivity index is 2.05. The van der Waals surface area contributed by atoms with Crippen molar-refractivity contribution in [1.29, 1.82) is 0 Å². The van der Waals surface area contributed by atoms with E-state index in [4.69, 9.17) is 23.2 Å². The molecule has 0 unspecified atom stereocenters. The summed E-state index contributed by atoms with van der Waals surface area (Å²) in [4.78, 5) is 10.1. The van der Waals surface area contributed by atoms with Crippen molar-refractivity contribution < 1.29 is 9.31 Å². The van der Waals surface area contributed by atoms with Crippen molar-refractivity contribution in [3.8, 4) is 0 Å². The van der Waals surface area contributed by atoms with Crippen LogP contribution in [-0.2, 0) is 6.42 Å². The standard InChI is InChI=1S/C14H11Cl2FN2O2/c15-12-7-11(19(20)21)8-13(16)14(12)18-5-4-9-2-1-3-10(17)6-9/h1-3,6-8,18H,4-5H2. The second kappa shape index (κ2) is 6.74. The van der Waals surface area contributed by atoms with Crippen LogP contribution >= 0.6 is 23.2 Å². The molecule has 2 aromatic carbocycles. The number of rotatable bonds is 5. The lowest BCUT2D eigenvalue weighted by molar-refractivity contribution is -0.384. The Hall–Kier alpha value is -1.85. The first-order valence-electron chi connectivity index (χ1n) is 6.09. The highest BCUT2D eigenvalue weighted by Gasteiger charge is 2.14. The number of non-ortho nitro benzene ring substituents is 1. The minimum absolute atomic E-state index is 0.166. The molecule has 0 atom stereocenters. The van der Waals surface area contributed by atoms with Crippen LogP contribution in [0.3, 0.4) is 0 Å². The Kier molecular flexibility index (Phi) is 4.98. The molecule has 0 saturated carbocycles. The fourth-order valence-corrected chi connectivity index (χ4v) is 2.47. The molecule has 0 aromatic heterocycles. The molecule has 0 heterocycles. The summed E-state index contributed by atoms with van der Waals surface area (Å²) in [7, 11) is 0. The molecule has 0 bridgehead atoms. The Morgan fingerprint density at radius 3 is 2.43 bits per heavy atom. The molecule has 7 heteroatoms. The van der Waals surface area contributed by atoms with Gasteiger partial charge in [-0.05, 0) is 24.1 Å². The third-order valence-corrected chi connectivity index (χ3v) is 3.44. The van der Waals surface area contributed by atoms with E-state index < -0.39 is 4.92 Å². The molecule has 0 fully saturated rings. The van der Waals surface area contributed by atoms with Gasteiger partial charge in [-0.2, -0.15) is 0 Å². The summed E-state index contributed by atoms with van der Waals surface area (Å²) in [5.74, 6) is -0.293. The van der Waals surface area contributed by atoms with Gasteiger partial charge in [-0.3, -0.25) is 10.1 Å². The van der Waals surface area contributed by atoms with Crippen molar-refractivity contribution >= 4 is 34.6 Å². The largest absolute Gasteiger partial charge is 0.382 e. The Bertz CT molecular complexity index is 657. The lowest BCUT2D eigenvalue weighted by Gasteiger charge is -2.10. The molecule has 0 radical (unpaired) electrons. The van der Waals surface area contributed by atoms with Crippen molar-refractivity contribution in [3.63, 3.8) is 0 Å². The summed E-state index contributed by atoms with van der Waals surface area (Å²) in [6.07, 6.45) is 0.571. The van der Waals surface area contributed by atoms with E-state index in [9.17, 15) is 14.5 Å². The molecule has 1 N–H and O–H groups in total. The highest BCUT2D eigenvalue weighted by atomic mass is 35.5. The minimum Gasteiger partial charge on any atom is -0.382 e. The van der Waals surface area contributed by atoms with E-state index in [0.29, 0.717) is 18.7 Å². The van der Waals surface area contributed by atoms with Crippen LogP contribution in [0.15, 0.2) is 36.4 Å². The Morgan fingerprint density at radius 2 is 1.86 bits per heavy atom. The third-order valence-electron chi connectivity index (χ3n) is 2.84. The molecule has 2 rings (SSSR count). The van der Waals surface area contributed by atoms with Crippen LogP contribution in [0.5, 0.6) is 0 Å². The SMILES string of the molecule is O=[N+]([O-])c1cc(Cl)c(NCCc2cccc(F)c2)c(Cl)c1. The predicted molar refractivity (Wildman–Crippen MR) is 81.7 cm³/mol. The average molecular weight is 329 g/mol. The number of nitro groups is 1. The van der Waals surface area contributed by atoms with E-state index in [-0.39, 0.29) is 21.5 Å². The molecule has 0 amide bonds. The smallest absolute Gasteiger partial charge is 0.272 e. The minimum atomic E-state index is -0.561. The van der Waals surface area contributed by atoms with Gasteiger partial charge in [0.05, 0.1) is 20.7 Å². The van der Waals surface area contributed by atoms with E-state index in [1.165, 1.54) is 24.3 Å². The number of hydrogen-bond donors (Lipinski definition) is 1. The third kappa shape index (κ3) is 4.06. The quantitative estimate of drug-likeness (QED) is 0.639. The average Bonchev–Trinajstić information content (AvgIpc) is 2.41. The number of nitro benzene ring substituents is 1. The van der Waals surface area contributed by atoms with E-state index in [2.05, 4.69) is 5.32 Å². The summed E-state index contributed by atoms with van der Waals surface area (Å²) in [6, 6.07) is 8.73. The van der Waals surface area contributed by atoms with Gasteiger partial charge in [0.15, 0.2) is 0 Å². The van der Waals surface area contributed by atoms with Crippen molar-refractivity contribution in [2.45, 2.75) is 6.42 Å². The van der Waals surface area contributed by atoms with Crippen molar-refractivity contribution in [1.82, 2.24) is 0 Å². The Morgan fingerprint density at radius 1 is 1.19 bits per heavy atom. The Labute approximate surface area is 130 Å². The summed E-state index contributed by atoms with van der Waals surface area (Å²) in [6.45, 7) is 0.473. The van der Waals surface area contributed by atoms with Crippen molar-refractivity contribution in [2.24, 2.45) is 0 Å². The topological polar surface area (TPSA) is 55.2 Å². The van der Waals surface area contributed by atoms with Crippen LogP contribution in [0.4, 0.5) is 15.8 Å². The van der Waals surface area contributed by atoms with Gasteiger partial charge in [-0.25, -0.2) is 4.39 Å². The van der Waals surface area contributed by atoms with Gasteiger partial charge in [-0.1, -0.05) is 35.3 Å². The van der Waals surface area contributed by atoms with Gasteiger partial charge < -0.3 is 5.32 Å². The zero-order valence-corrected chi connectivity index (χ0v) is 12.3. The number of halogens is 3. The normalized spacial score (nSPS) is 10.4. The second-order valence-corrected chi connectivity index (χ2v) is 5.16. The zero-order valence-electron chi connectivity index (χ0n) is 10.8. The molecular formula is C14H11Cl2FN2O2. The molecular weight excluding hydrogens is 318 g/mol. The first-order chi connectivity index (χ1) is 9.97. The monoisotopic (exact) mass is 328 g/mol. The first kappa shape index (κ1) is 15.5. The van der Waals surface area contributed by atoms with Gasteiger partial charge in [0.1, 0.15) is 5.82 Å². The van der Waals surface area contributed by atoms with Gasteiger partial charge in [0, 0.05) is 18.7 Å². The fourth-order valence-electron chi connectivity index (χ4n) is 1.86. The second-order valence-electron chi connectivity index (χ2n) is 4.35. The predicted octanol–water partition coefficient (Wildman–Crippen LogP) is 4.70. The van der Waals surface area contributed by atoms with Crippen LogP contribution < -0.4 is 5.32 Å². The molecule has 4 nitrogen and oxygen atoms in total. The highest BCUT2D eigenvalue weighted by Crippen LogP contribution is 2.34. The molecule has 0 aliphatic rings. The van der Waals surface area contributed by atoms with Crippen LogP contribution in [0.1, 0.15) is 5.56 Å². The first-order valence-corrected chi connectivity index (χ1v) is 6.84. The van der Waals surface area contributed by atoms with Crippen molar-refractivity contribution in [2.75, 3.05) is 11.9 Å². The lowest BCUT2D eigenvalue weighted by atomic mass is 10.1. The van der Waals surface area contributed by atoms with Crippen LogP contribution in [-0.4, -0.2) is 11.5 Å². The van der Waals surface area contributed by atoms with E-state index in [1.54, 1.807) is 6.07 Å². The number of benzene rings is 2. The van der Waals surface area contributed by atoms with Crippen LogP contribution in [0.2, 0.25) is 10.0 Å². The van der Waals surface area contributed by atoms with E-state index >= 15 is 0 Å².